The van der Waals surface area contributed by atoms with Crippen LogP contribution in [0.4, 0.5) is 0 Å². The average molecular weight is 342 g/mol. The van der Waals surface area contributed by atoms with E-state index in [1.165, 1.54) is 18.3 Å². The maximum absolute atomic E-state index is 12.0. The molecule has 2 rings (SSSR count). The lowest BCUT2D eigenvalue weighted by Crippen LogP contribution is -2.17. The largest absolute Gasteiger partial charge is 0.507 e. The van der Waals surface area contributed by atoms with Gasteiger partial charge in [-0.05, 0) is 42.3 Å². The molecule has 6 nitrogen and oxygen atoms in total. The number of phenols is 1. The van der Waals surface area contributed by atoms with Gasteiger partial charge in [0, 0.05) is 0 Å². The molecule has 2 N–H and O–H groups in total. The SMILES string of the molecule is CCCCOc1ccc(/C=N/NC(=O)c2ccccc2O)cc1OC. The number of hydrazone groups is 1. The quantitative estimate of drug-likeness (QED) is 0.438. The van der Waals surface area contributed by atoms with Crippen molar-refractivity contribution in [2.45, 2.75) is 19.8 Å². The number of rotatable bonds is 8. The zero-order chi connectivity index (χ0) is 18.1. The van der Waals surface area contributed by atoms with Crippen molar-refractivity contribution in [3.63, 3.8) is 0 Å². The van der Waals surface area contributed by atoms with Crippen molar-refractivity contribution in [1.82, 2.24) is 5.43 Å². The number of benzene rings is 2. The predicted molar refractivity (Wildman–Crippen MR) is 96.6 cm³/mol. The van der Waals surface area contributed by atoms with E-state index in [1.807, 2.05) is 6.07 Å². The number of methoxy groups -OCH3 is 1. The first-order valence-electron chi connectivity index (χ1n) is 8.08. The Morgan fingerprint density at radius 1 is 1.24 bits per heavy atom. The van der Waals surface area contributed by atoms with Crippen molar-refractivity contribution in [3.8, 4) is 17.2 Å². The lowest BCUT2D eigenvalue weighted by molar-refractivity contribution is 0.0952. The van der Waals surface area contributed by atoms with E-state index >= 15 is 0 Å². The number of amides is 1. The molecule has 1 amide bonds. The highest BCUT2D eigenvalue weighted by Gasteiger charge is 2.09. The van der Waals surface area contributed by atoms with Gasteiger partial charge in [0.25, 0.3) is 5.91 Å². The summed E-state index contributed by atoms with van der Waals surface area (Å²) in [5.41, 5.74) is 3.29. The minimum absolute atomic E-state index is 0.0922. The van der Waals surface area contributed by atoms with Crippen LogP contribution in [-0.2, 0) is 0 Å². The molecule has 0 fully saturated rings. The number of carbonyl (C=O) groups is 1. The lowest BCUT2D eigenvalue weighted by Gasteiger charge is -2.10. The molecule has 0 atom stereocenters. The molecule has 0 bridgehead atoms. The average Bonchev–Trinajstić information content (AvgIpc) is 2.63. The second-order valence-electron chi connectivity index (χ2n) is 5.33. The Labute approximate surface area is 147 Å². The fourth-order valence-corrected chi connectivity index (χ4v) is 2.10. The Bertz CT molecular complexity index is 744. The van der Waals surface area contributed by atoms with Crippen LogP contribution in [-0.4, -0.2) is 30.9 Å². The summed E-state index contributed by atoms with van der Waals surface area (Å²) in [7, 11) is 1.57. The van der Waals surface area contributed by atoms with Gasteiger partial charge in [-0.1, -0.05) is 25.5 Å². The van der Waals surface area contributed by atoms with Crippen molar-refractivity contribution < 1.29 is 19.4 Å². The third-order valence-electron chi connectivity index (χ3n) is 3.47. The van der Waals surface area contributed by atoms with E-state index in [1.54, 1.807) is 31.4 Å². The smallest absolute Gasteiger partial charge is 0.275 e. The summed E-state index contributed by atoms with van der Waals surface area (Å²) in [4.78, 5) is 12.0. The molecule has 0 saturated heterocycles. The Kier molecular flexibility index (Phi) is 6.83. The van der Waals surface area contributed by atoms with Gasteiger partial charge < -0.3 is 14.6 Å². The number of phenolic OH excluding ortho intramolecular Hbond substituents is 1. The third kappa shape index (κ3) is 5.24. The minimum Gasteiger partial charge on any atom is -0.507 e. The Balaban J connectivity index is 2.01. The van der Waals surface area contributed by atoms with Crippen molar-refractivity contribution >= 4 is 12.1 Å². The molecular weight excluding hydrogens is 320 g/mol. The molecule has 2 aromatic rings. The van der Waals surface area contributed by atoms with Crippen molar-refractivity contribution in [1.29, 1.82) is 0 Å². The van der Waals surface area contributed by atoms with Crippen LogP contribution in [0.3, 0.4) is 0 Å². The first-order valence-corrected chi connectivity index (χ1v) is 8.08. The molecule has 0 aliphatic heterocycles. The van der Waals surface area contributed by atoms with E-state index in [-0.39, 0.29) is 11.3 Å². The van der Waals surface area contributed by atoms with Gasteiger partial charge in [0.05, 0.1) is 25.5 Å². The van der Waals surface area contributed by atoms with Gasteiger partial charge in [-0.3, -0.25) is 4.79 Å². The highest BCUT2D eigenvalue weighted by Crippen LogP contribution is 2.27. The summed E-state index contributed by atoms with van der Waals surface area (Å²) in [5, 5.41) is 13.5. The summed E-state index contributed by atoms with van der Waals surface area (Å²) in [6, 6.07) is 11.7. The molecule has 0 aromatic heterocycles. The van der Waals surface area contributed by atoms with Gasteiger partial charge in [-0.25, -0.2) is 5.43 Å². The van der Waals surface area contributed by atoms with Crippen LogP contribution in [0.5, 0.6) is 17.2 Å². The van der Waals surface area contributed by atoms with Crippen molar-refractivity contribution in [2.24, 2.45) is 5.10 Å². The molecule has 2 aromatic carbocycles. The van der Waals surface area contributed by atoms with E-state index in [2.05, 4.69) is 17.5 Å². The number of unbranched alkanes of at least 4 members (excludes halogenated alkanes) is 1. The molecule has 25 heavy (non-hydrogen) atoms. The van der Waals surface area contributed by atoms with Gasteiger partial charge in [0.2, 0.25) is 0 Å². The van der Waals surface area contributed by atoms with Crippen molar-refractivity contribution in [3.05, 3.63) is 53.6 Å². The number of carbonyl (C=O) groups excluding carboxylic acids is 1. The first kappa shape index (κ1) is 18.3. The molecule has 0 aliphatic carbocycles. The number of hydrogen-bond donors (Lipinski definition) is 2. The molecule has 0 radical (unpaired) electrons. The van der Waals surface area contributed by atoms with Crippen LogP contribution in [0.25, 0.3) is 0 Å². The molecular formula is C19H22N2O4. The summed E-state index contributed by atoms with van der Waals surface area (Å²) < 4.78 is 11.0. The van der Waals surface area contributed by atoms with Crippen molar-refractivity contribution in [2.75, 3.05) is 13.7 Å². The maximum Gasteiger partial charge on any atom is 0.275 e. The molecule has 0 saturated carbocycles. The number of nitrogens with zero attached hydrogens (tertiary/aromatic N) is 1. The number of para-hydroxylation sites is 1. The predicted octanol–water partition coefficient (Wildman–Crippen LogP) is 3.34. The van der Waals surface area contributed by atoms with Gasteiger partial charge in [-0.2, -0.15) is 5.10 Å². The van der Waals surface area contributed by atoms with E-state index in [0.29, 0.717) is 18.1 Å². The Morgan fingerprint density at radius 2 is 2.04 bits per heavy atom. The molecule has 0 spiro atoms. The molecule has 0 aliphatic rings. The Morgan fingerprint density at radius 3 is 2.76 bits per heavy atom. The lowest BCUT2D eigenvalue weighted by atomic mass is 10.2. The van der Waals surface area contributed by atoms with Crippen LogP contribution >= 0.6 is 0 Å². The van der Waals surface area contributed by atoms with Crippen LogP contribution in [0.15, 0.2) is 47.6 Å². The van der Waals surface area contributed by atoms with Crippen LogP contribution in [0.2, 0.25) is 0 Å². The van der Waals surface area contributed by atoms with E-state index in [4.69, 9.17) is 9.47 Å². The zero-order valence-electron chi connectivity index (χ0n) is 14.4. The normalized spacial score (nSPS) is 10.6. The van der Waals surface area contributed by atoms with E-state index < -0.39 is 5.91 Å². The molecule has 132 valence electrons. The van der Waals surface area contributed by atoms with Crippen LogP contribution in [0.1, 0.15) is 35.7 Å². The van der Waals surface area contributed by atoms with E-state index in [0.717, 1.165) is 18.4 Å². The van der Waals surface area contributed by atoms with E-state index in [9.17, 15) is 9.90 Å². The highest BCUT2D eigenvalue weighted by molar-refractivity contribution is 5.97. The van der Waals surface area contributed by atoms with Crippen LogP contribution < -0.4 is 14.9 Å². The maximum atomic E-state index is 12.0. The van der Waals surface area contributed by atoms with Gasteiger partial charge in [0.1, 0.15) is 5.75 Å². The summed E-state index contributed by atoms with van der Waals surface area (Å²) >= 11 is 0. The van der Waals surface area contributed by atoms with Crippen LogP contribution in [0, 0.1) is 0 Å². The highest BCUT2D eigenvalue weighted by atomic mass is 16.5. The minimum atomic E-state index is -0.485. The van der Waals surface area contributed by atoms with Gasteiger partial charge in [0.15, 0.2) is 11.5 Å². The first-order chi connectivity index (χ1) is 12.2. The monoisotopic (exact) mass is 342 g/mol. The second kappa shape index (κ2) is 9.32. The second-order valence-corrected chi connectivity index (χ2v) is 5.33. The molecule has 6 heteroatoms. The standard InChI is InChI=1S/C19H22N2O4/c1-3-4-11-25-17-10-9-14(12-18(17)24-2)13-20-21-19(23)15-7-5-6-8-16(15)22/h5-10,12-13,22H,3-4,11H2,1-2H3,(H,21,23)/b20-13+. The Hall–Kier alpha value is -3.02. The van der Waals surface area contributed by atoms with Gasteiger partial charge >= 0.3 is 0 Å². The number of aromatic hydroxyl groups is 1. The number of ether oxygens (including phenoxy) is 2. The summed E-state index contributed by atoms with van der Waals surface area (Å²) in [6.07, 6.45) is 3.53. The molecule has 0 heterocycles. The van der Waals surface area contributed by atoms with Gasteiger partial charge in [-0.15, -0.1) is 0 Å². The zero-order valence-corrected chi connectivity index (χ0v) is 14.4. The number of nitrogens with one attached hydrogen (secondary N) is 1. The molecule has 0 unspecified atom stereocenters. The fraction of sp³-hybridized carbons (Fsp3) is 0.263. The number of hydrogen-bond acceptors (Lipinski definition) is 5. The topological polar surface area (TPSA) is 80.2 Å². The third-order valence-corrected chi connectivity index (χ3v) is 3.47. The summed E-state index contributed by atoms with van der Waals surface area (Å²) in [5.74, 6) is 0.699. The fourth-order valence-electron chi connectivity index (χ4n) is 2.10. The summed E-state index contributed by atoms with van der Waals surface area (Å²) in [6.45, 7) is 2.74.